The van der Waals surface area contributed by atoms with Crippen molar-refractivity contribution in [2.75, 3.05) is 0 Å². The SMILES string of the molecule is C=C(CC)c1ccc2c(c1)[nH]c1ncncc12. The molecule has 1 N–H and O–H groups in total. The second-order valence-corrected chi connectivity index (χ2v) is 4.13. The van der Waals surface area contributed by atoms with Crippen LogP contribution >= 0.6 is 0 Å². The molecule has 1 aromatic carbocycles. The molecule has 17 heavy (non-hydrogen) atoms. The van der Waals surface area contributed by atoms with Crippen molar-refractivity contribution >= 4 is 27.5 Å². The maximum absolute atomic E-state index is 4.22. The Balaban J connectivity index is 2.30. The third-order valence-corrected chi connectivity index (χ3v) is 3.11. The third-order valence-electron chi connectivity index (χ3n) is 3.11. The van der Waals surface area contributed by atoms with Crippen molar-refractivity contribution in [1.82, 2.24) is 15.0 Å². The van der Waals surface area contributed by atoms with Gasteiger partial charge in [-0.2, -0.15) is 0 Å². The van der Waals surface area contributed by atoms with Crippen LogP contribution in [-0.2, 0) is 0 Å². The molecule has 3 rings (SSSR count). The van der Waals surface area contributed by atoms with Crippen molar-refractivity contribution in [3.63, 3.8) is 0 Å². The molecule has 0 fully saturated rings. The van der Waals surface area contributed by atoms with Gasteiger partial charge in [-0.05, 0) is 23.6 Å². The summed E-state index contributed by atoms with van der Waals surface area (Å²) in [6.45, 7) is 6.18. The number of aromatic amines is 1. The van der Waals surface area contributed by atoms with Crippen molar-refractivity contribution in [2.24, 2.45) is 0 Å². The first-order valence-electron chi connectivity index (χ1n) is 5.69. The highest BCUT2D eigenvalue weighted by molar-refractivity contribution is 6.06. The van der Waals surface area contributed by atoms with Gasteiger partial charge >= 0.3 is 0 Å². The normalized spacial score (nSPS) is 11.1. The van der Waals surface area contributed by atoms with Gasteiger partial charge in [-0.25, -0.2) is 9.97 Å². The molecular weight excluding hydrogens is 210 g/mol. The van der Waals surface area contributed by atoms with Gasteiger partial charge in [0.1, 0.15) is 12.0 Å². The fourth-order valence-electron chi connectivity index (χ4n) is 2.06. The number of fused-ring (bicyclic) bond motifs is 3. The lowest BCUT2D eigenvalue weighted by atomic mass is 10.0. The molecule has 3 aromatic rings. The highest BCUT2D eigenvalue weighted by Crippen LogP contribution is 2.26. The zero-order chi connectivity index (χ0) is 11.8. The summed E-state index contributed by atoms with van der Waals surface area (Å²) >= 11 is 0. The van der Waals surface area contributed by atoms with Crippen molar-refractivity contribution in [3.8, 4) is 0 Å². The van der Waals surface area contributed by atoms with Gasteiger partial charge in [0, 0.05) is 22.5 Å². The lowest BCUT2D eigenvalue weighted by Gasteiger charge is -2.02. The molecule has 0 unspecified atom stereocenters. The number of benzene rings is 1. The monoisotopic (exact) mass is 223 g/mol. The Morgan fingerprint density at radius 1 is 1.35 bits per heavy atom. The Morgan fingerprint density at radius 3 is 3.06 bits per heavy atom. The number of hydrogen-bond donors (Lipinski definition) is 1. The van der Waals surface area contributed by atoms with Crippen molar-refractivity contribution < 1.29 is 0 Å². The lowest BCUT2D eigenvalue weighted by Crippen LogP contribution is -1.80. The molecule has 0 amide bonds. The van der Waals surface area contributed by atoms with Gasteiger partial charge in [0.2, 0.25) is 0 Å². The summed E-state index contributed by atoms with van der Waals surface area (Å²) in [5, 5.41) is 2.23. The van der Waals surface area contributed by atoms with E-state index in [9.17, 15) is 0 Å². The summed E-state index contributed by atoms with van der Waals surface area (Å²) in [7, 11) is 0. The Bertz CT molecular complexity index is 710. The van der Waals surface area contributed by atoms with Crippen LogP contribution in [0.1, 0.15) is 18.9 Å². The molecule has 0 aliphatic rings. The van der Waals surface area contributed by atoms with Crippen molar-refractivity contribution in [3.05, 3.63) is 42.9 Å². The van der Waals surface area contributed by atoms with Gasteiger partial charge in [-0.3, -0.25) is 0 Å². The number of aromatic nitrogens is 3. The molecule has 0 saturated heterocycles. The standard InChI is InChI=1S/C14H13N3/c1-3-9(2)10-4-5-11-12-7-15-8-16-14(12)17-13(11)6-10/h4-8H,2-3H2,1H3,(H,15,16,17). The topological polar surface area (TPSA) is 41.6 Å². The molecule has 0 spiro atoms. The molecule has 0 bridgehead atoms. The summed E-state index contributed by atoms with van der Waals surface area (Å²) < 4.78 is 0. The fourth-order valence-corrected chi connectivity index (χ4v) is 2.06. The van der Waals surface area contributed by atoms with E-state index in [0.29, 0.717) is 0 Å². The van der Waals surface area contributed by atoms with Gasteiger partial charge in [-0.1, -0.05) is 25.6 Å². The van der Waals surface area contributed by atoms with E-state index in [1.807, 2.05) is 6.20 Å². The number of nitrogens with one attached hydrogen (secondary N) is 1. The van der Waals surface area contributed by atoms with Gasteiger partial charge in [0.15, 0.2) is 0 Å². The number of allylic oxidation sites excluding steroid dienone is 1. The molecule has 0 saturated carbocycles. The van der Waals surface area contributed by atoms with Gasteiger partial charge in [0.25, 0.3) is 0 Å². The van der Waals surface area contributed by atoms with Crippen LogP contribution < -0.4 is 0 Å². The second-order valence-electron chi connectivity index (χ2n) is 4.13. The fraction of sp³-hybridized carbons (Fsp3) is 0.143. The minimum atomic E-state index is 0.884. The van der Waals surface area contributed by atoms with Crippen LogP contribution in [0.4, 0.5) is 0 Å². The molecule has 2 heterocycles. The summed E-state index contributed by atoms with van der Waals surface area (Å²) in [5.74, 6) is 0. The van der Waals surface area contributed by atoms with E-state index in [-0.39, 0.29) is 0 Å². The first kappa shape index (κ1) is 10.0. The first-order valence-corrected chi connectivity index (χ1v) is 5.69. The Hall–Kier alpha value is -2.16. The van der Waals surface area contributed by atoms with E-state index in [4.69, 9.17) is 0 Å². The van der Waals surface area contributed by atoms with Crippen LogP contribution in [0.2, 0.25) is 0 Å². The maximum Gasteiger partial charge on any atom is 0.141 e. The molecule has 2 aromatic heterocycles. The van der Waals surface area contributed by atoms with Gasteiger partial charge in [-0.15, -0.1) is 0 Å². The lowest BCUT2D eigenvalue weighted by molar-refractivity contribution is 1.20. The molecule has 0 aliphatic carbocycles. The minimum absolute atomic E-state index is 0.884. The number of H-pyrrole nitrogens is 1. The molecule has 0 atom stereocenters. The molecule has 84 valence electrons. The molecule has 3 nitrogen and oxygen atoms in total. The summed E-state index contributed by atoms with van der Waals surface area (Å²) in [6.07, 6.45) is 4.37. The van der Waals surface area contributed by atoms with E-state index in [1.54, 1.807) is 6.33 Å². The highest BCUT2D eigenvalue weighted by Gasteiger charge is 2.06. The molecule has 0 radical (unpaired) electrons. The summed E-state index contributed by atoms with van der Waals surface area (Å²) in [4.78, 5) is 11.6. The van der Waals surface area contributed by atoms with Crippen molar-refractivity contribution in [2.45, 2.75) is 13.3 Å². The van der Waals surface area contributed by atoms with Gasteiger partial charge in [0.05, 0.1) is 0 Å². The van der Waals surface area contributed by atoms with Crippen LogP contribution in [0.5, 0.6) is 0 Å². The first-order chi connectivity index (χ1) is 8.29. The van der Waals surface area contributed by atoms with Crippen LogP contribution in [0.3, 0.4) is 0 Å². The minimum Gasteiger partial charge on any atom is -0.339 e. The Morgan fingerprint density at radius 2 is 2.24 bits per heavy atom. The average Bonchev–Trinajstić information content (AvgIpc) is 2.75. The maximum atomic E-state index is 4.22. The largest absolute Gasteiger partial charge is 0.339 e. The van der Waals surface area contributed by atoms with Gasteiger partial charge < -0.3 is 4.98 Å². The molecule has 3 heteroatoms. The van der Waals surface area contributed by atoms with Crippen molar-refractivity contribution in [1.29, 1.82) is 0 Å². The van der Waals surface area contributed by atoms with E-state index >= 15 is 0 Å². The van der Waals surface area contributed by atoms with E-state index < -0.39 is 0 Å². The number of hydrogen-bond acceptors (Lipinski definition) is 2. The highest BCUT2D eigenvalue weighted by atomic mass is 14.9. The van der Waals surface area contributed by atoms with Crippen LogP contribution in [0.25, 0.3) is 27.5 Å². The Kier molecular flexibility index (Phi) is 2.18. The quantitative estimate of drug-likeness (QED) is 0.722. The van der Waals surface area contributed by atoms with E-state index in [1.165, 1.54) is 5.56 Å². The van der Waals surface area contributed by atoms with Crippen LogP contribution in [0.15, 0.2) is 37.3 Å². The summed E-state index contributed by atoms with van der Waals surface area (Å²) in [5.41, 5.74) is 4.30. The third kappa shape index (κ3) is 1.51. The summed E-state index contributed by atoms with van der Waals surface area (Å²) in [6, 6.07) is 6.34. The smallest absolute Gasteiger partial charge is 0.141 e. The van der Waals surface area contributed by atoms with E-state index in [0.717, 1.165) is 33.9 Å². The Labute approximate surface area is 99.2 Å². The number of nitrogens with zero attached hydrogens (tertiary/aromatic N) is 2. The van der Waals surface area contributed by atoms with Crippen LogP contribution in [0, 0.1) is 0 Å². The average molecular weight is 223 g/mol. The second kappa shape index (κ2) is 3.70. The van der Waals surface area contributed by atoms with E-state index in [2.05, 4.69) is 46.7 Å². The zero-order valence-electron chi connectivity index (χ0n) is 9.70. The predicted octanol–water partition coefficient (Wildman–Crippen LogP) is 3.53. The molecular formula is C14H13N3. The molecule has 0 aliphatic heterocycles. The van der Waals surface area contributed by atoms with Crippen LogP contribution in [-0.4, -0.2) is 15.0 Å². The predicted molar refractivity (Wildman–Crippen MR) is 70.7 cm³/mol. The number of rotatable bonds is 2. The zero-order valence-corrected chi connectivity index (χ0v) is 9.70.